The third-order valence-electron chi connectivity index (χ3n) is 3.53. The van der Waals surface area contributed by atoms with Crippen LogP contribution in [0.15, 0.2) is 23.7 Å². The van der Waals surface area contributed by atoms with Gasteiger partial charge in [-0.3, -0.25) is 0 Å². The van der Waals surface area contributed by atoms with Crippen LogP contribution in [0, 0.1) is 0 Å². The molecule has 0 saturated heterocycles. The maximum absolute atomic E-state index is 5.66. The van der Waals surface area contributed by atoms with E-state index in [-0.39, 0.29) is 0 Å². The number of allylic oxidation sites excluding steroid dienone is 4. The van der Waals surface area contributed by atoms with Crippen LogP contribution in [-0.2, 0) is 14.2 Å². The maximum atomic E-state index is 5.66. The van der Waals surface area contributed by atoms with E-state index in [1.165, 1.54) is 38.5 Å². The molecule has 0 fully saturated rings. The van der Waals surface area contributed by atoms with Crippen LogP contribution in [0.1, 0.15) is 51.4 Å². The zero-order valence-corrected chi connectivity index (χ0v) is 11.9. The molecule has 3 nitrogen and oxygen atoms in total. The van der Waals surface area contributed by atoms with Crippen LogP contribution in [0.3, 0.4) is 0 Å². The van der Waals surface area contributed by atoms with Crippen molar-refractivity contribution in [2.75, 3.05) is 26.4 Å². The lowest BCUT2D eigenvalue weighted by molar-refractivity contribution is 0.0406. The highest BCUT2D eigenvalue weighted by atomic mass is 16.5. The third-order valence-corrected chi connectivity index (χ3v) is 3.53. The summed E-state index contributed by atoms with van der Waals surface area (Å²) in [6.45, 7) is 2.63. The maximum Gasteiger partial charge on any atom is 0.111 e. The largest absolute Gasteiger partial charge is 0.496 e. The first kappa shape index (κ1) is 14.4. The number of hydrogen-bond acceptors (Lipinski definition) is 3. The molecule has 0 radical (unpaired) electrons. The molecular formula is C16H26O3. The molecule has 0 aliphatic heterocycles. The Morgan fingerprint density at radius 3 is 1.63 bits per heavy atom. The smallest absolute Gasteiger partial charge is 0.111 e. The minimum Gasteiger partial charge on any atom is -0.496 e. The van der Waals surface area contributed by atoms with Crippen molar-refractivity contribution in [1.29, 1.82) is 0 Å². The fourth-order valence-electron chi connectivity index (χ4n) is 2.44. The van der Waals surface area contributed by atoms with Gasteiger partial charge in [0.05, 0.1) is 24.7 Å². The van der Waals surface area contributed by atoms with Gasteiger partial charge in [-0.05, 0) is 50.7 Å². The van der Waals surface area contributed by atoms with Crippen LogP contribution in [0.5, 0.6) is 0 Å². The quantitative estimate of drug-likeness (QED) is 0.623. The predicted molar refractivity (Wildman–Crippen MR) is 75.8 cm³/mol. The predicted octanol–water partition coefficient (Wildman–Crippen LogP) is 3.95. The third kappa shape index (κ3) is 6.15. The van der Waals surface area contributed by atoms with Crippen molar-refractivity contribution in [3.8, 4) is 0 Å². The van der Waals surface area contributed by atoms with E-state index in [1.54, 1.807) is 0 Å². The highest BCUT2D eigenvalue weighted by Crippen LogP contribution is 2.18. The Morgan fingerprint density at radius 1 is 0.684 bits per heavy atom. The van der Waals surface area contributed by atoms with Crippen LogP contribution in [0.4, 0.5) is 0 Å². The van der Waals surface area contributed by atoms with E-state index in [4.69, 9.17) is 14.2 Å². The van der Waals surface area contributed by atoms with Crippen molar-refractivity contribution >= 4 is 0 Å². The van der Waals surface area contributed by atoms with Gasteiger partial charge in [-0.25, -0.2) is 0 Å². The standard InChI is InChI=1S/C16H26O3/c1-3-7-15(8-4-1)18-13-11-17-12-14-19-16-9-5-2-6-10-16/h7,9H,1-6,8,10-14H2. The van der Waals surface area contributed by atoms with Gasteiger partial charge in [-0.2, -0.15) is 0 Å². The van der Waals surface area contributed by atoms with Gasteiger partial charge in [0.2, 0.25) is 0 Å². The molecule has 0 aromatic rings. The molecule has 0 atom stereocenters. The molecule has 0 saturated carbocycles. The van der Waals surface area contributed by atoms with Crippen molar-refractivity contribution in [1.82, 2.24) is 0 Å². The molecule has 108 valence electrons. The summed E-state index contributed by atoms with van der Waals surface area (Å²) in [7, 11) is 0. The van der Waals surface area contributed by atoms with Crippen molar-refractivity contribution in [3.05, 3.63) is 23.7 Å². The summed E-state index contributed by atoms with van der Waals surface area (Å²) in [5.74, 6) is 2.30. The average molecular weight is 266 g/mol. The second-order valence-electron chi connectivity index (χ2n) is 5.14. The second kappa shape index (κ2) is 9.03. The van der Waals surface area contributed by atoms with Crippen molar-refractivity contribution < 1.29 is 14.2 Å². The summed E-state index contributed by atoms with van der Waals surface area (Å²) in [5, 5.41) is 0. The van der Waals surface area contributed by atoms with E-state index < -0.39 is 0 Å². The van der Waals surface area contributed by atoms with Crippen molar-refractivity contribution in [2.24, 2.45) is 0 Å². The van der Waals surface area contributed by atoms with E-state index in [1.807, 2.05) is 0 Å². The lowest BCUT2D eigenvalue weighted by Crippen LogP contribution is -2.10. The summed E-state index contributed by atoms with van der Waals surface area (Å²) in [6, 6.07) is 0. The molecule has 0 aromatic carbocycles. The minimum absolute atomic E-state index is 0.653. The van der Waals surface area contributed by atoms with Crippen molar-refractivity contribution in [2.45, 2.75) is 51.4 Å². The fraction of sp³-hybridized carbons (Fsp3) is 0.750. The summed E-state index contributed by atoms with van der Waals surface area (Å²) in [6.07, 6.45) is 14.1. The first-order chi connectivity index (χ1) is 9.45. The molecule has 0 spiro atoms. The Bertz CT molecular complexity index is 277. The average Bonchev–Trinajstić information content (AvgIpc) is 2.48. The lowest BCUT2D eigenvalue weighted by Gasteiger charge is -2.15. The SMILES string of the molecule is C1=C(OCCOCCOC2=CCCCC2)CCCC1. The molecule has 0 unspecified atom stereocenters. The van der Waals surface area contributed by atoms with Gasteiger partial charge in [-0.1, -0.05) is 0 Å². The molecule has 0 N–H and O–H groups in total. The number of hydrogen-bond donors (Lipinski definition) is 0. The van der Waals surface area contributed by atoms with Crippen LogP contribution in [0.25, 0.3) is 0 Å². The van der Waals surface area contributed by atoms with Gasteiger partial charge in [0, 0.05) is 12.8 Å². The van der Waals surface area contributed by atoms with Crippen molar-refractivity contribution in [3.63, 3.8) is 0 Å². The Balaban J connectivity index is 1.41. The molecule has 2 rings (SSSR count). The van der Waals surface area contributed by atoms with Crippen LogP contribution in [-0.4, -0.2) is 26.4 Å². The zero-order valence-electron chi connectivity index (χ0n) is 11.9. The van der Waals surface area contributed by atoms with Crippen LogP contribution >= 0.6 is 0 Å². The van der Waals surface area contributed by atoms with E-state index >= 15 is 0 Å². The summed E-state index contributed by atoms with van der Waals surface area (Å²) in [5.41, 5.74) is 0. The zero-order chi connectivity index (χ0) is 13.2. The van der Waals surface area contributed by atoms with E-state index in [2.05, 4.69) is 12.2 Å². The Kier molecular flexibility index (Phi) is 6.86. The van der Waals surface area contributed by atoms with E-state index in [0.29, 0.717) is 26.4 Å². The Morgan fingerprint density at radius 2 is 1.21 bits per heavy atom. The molecule has 0 amide bonds. The summed E-state index contributed by atoms with van der Waals surface area (Å²) >= 11 is 0. The molecule has 19 heavy (non-hydrogen) atoms. The molecule has 0 bridgehead atoms. The van der Waals surface area contributed by atoms with Gasteiger partial charge in [0.1, 0.15) is 13.2 Å². The van der Waals surface area contributed by atoms with E-state index in [0.717, 1.165) is 24.4 Å². The molecule has 0 aromatic heterocycles. The molecule has 2 aliphatic rings. The molecular weight excluding hydrogens is 240 g/mol. The summed E-state index contributed by atoms with van der Waals surface area (Å²) in [4.78, 5) is 0. The topological polar surface area (TPSA) is 27.7 Å². The van der Waals surface area contributed by atoms with Gasteiger partial charge in [-0.15, -0.1) is 0 Å². The fourth-order valence-corrected chi connectivity index (χ4v) is 2.44. The summed E-state index contributed by atoms with van der Waals surface area (Å²) < 4.78 is 16.8. The highest BCUT2D eigenvalue weighted by molar-refractivity contribution is 4.97. The van der Waals surface area contributed by atoms with Crippen LogP contribution < -0.4 is 0 Å². The normalized spacial score (nSPS) is 19.6. The Hall–Kier alpha value is -0.960. The first-order valence-corrected chi connectivity index (χ1v) is 7.66. The molecule has 0 heterocycles. The molecule has 3 heteroatoms. The van der Waals surface area contributed by atoms with E-state index in [9.17, 15) is 0 Å². The lowest BCUT2D eigenvalue weighted by atomic mass is 10.1. The Labute approximate surface area is 116 Å². The second-order valence-corrected chi connectivity index (χ2v) is 5.14. The van der Waals surface area contributed by atoms with Gasteiger partial charge >= 0.3 is 0 Å². The van der Waals surface area contributed by atoms with Gasteiger partial charge < -0.3 is 14.2 Å². The minimum atomic E-state index is 0.653. The van der Waals surface area contributed by atoms with Crippen LogP contribution in [0.2, 0.25) is 0 Å². The monoisotopic (exact) mass is 266 g/mol. The van der Waals surface area contributed by atoms with Gasteiger partial charge in [0.15, 0.2) is 0 Å². The number of ether oxygens (including phenoxy) is 3. The molecule has 2 aliphatic carbocycles. The first-order valence-electron chi connectivity index (χ1n) is 7.66. The number of rotatable bonds is 8. The van der Waals surface area contributed by atoms with Gasteiger partial charge in [0.25, 0.3) is 0 Å². The highest BCUT2D eigenvalue weighted by Gasteiger charge is 2.05.